The van der Waals surface area contributed by atoms with Crippen LogP contribution in [0.5, 0.6) is 0 Å². The van der Waals surface area contributed by atoms with E-state index in [1.165, 1.54) is 57.8 Å². The van der Waals surface area contributed by atoms with Crippen molar-refractivity contribution in [3.8, 4) is 0 Å². The van der Waals surface area contributed by atoms with E-state index in [0.29, 0.717) is 18.1 Å². The third kappa shape index (κ3) is 5.23. The lowest BCUT2D eigenvalue weighted by Crippen LogP contribution is -2.50. The number of fused-ring (bicyclic) bond motifs is 3. The van der Waals surface area contributed by atoms with Crippen molar-refractivity contribution in [2.75, 3.05) is 11.9 Å². The molecule has 35 heavy (non-hydrogen) atoms. The van der Waals surface area contributed by atoms with E-state index in [0.717, 1.165) is 23.9 Å². The van der Waals surface area contributed by atoms with E-state index in [9.17, 15) is 14.7 Å². The number of nitrogens with one attached hydrogen (secondary N) is 1. The highest BCUT2D eigenvalue weighted by molar-refractivity contribution is 5.76. The monoisotopic (exact) mass is 482 g/mol. The Morgan fingerprint density at radius 1 is 0.971 bits per heavy atom. The number of anilines is 1. The summed E-state index contributed by atoms with van der Waals surface area (Å²) >= 11 is 0. The number of rotatable bonds is 7. The molecule has 0 spiro atoms. The number of aliphatic hydroxyl groups excluding tert-OH is 1. The number of hydrogen-bond acceptors (Lipinski definition) is 6. The number of nitrogens with zero attached hydrogens (tertiary/aromatic N) is 3. The molecule has 3 aliphatic rings. The number of para-hydroxylation sites is 2. The van der Waals surface area contributed by atoms with Crippen molar-refractivity contribution < 1.29 is 15.0 Å². The van der Waals surface area contributed by atoms with Crippen molar-refractivity contribution in [2.45, 2.75) is 107 Å². The lowest BCUT2D eigenvalue weighted by molar-refractivity contribution is -0.138. The molecule has 2 bridgehead atoms. The maximum Gasteiger partial charge on any atom is 0.306 e. The van der Waals surface area contributed by atoms with E-state index < -0.39 is 12.1 Å². The average molecular weight is 483 g/mol. The van der Waals surface area contributed by atoms with Gasteiger partial charge in [-0.15, -0.1) is 0 Å². The SMILES string of the molecule is O=C(O)CC(O)CNc1nc2ccccc2n(C2CC3CCC(C2)N3C2CCCCCCC2)c1=O. The Balaban J connectivity index is 1.40. The minimum atomic E-state index is -1.09. The van der Waals surface area contributed by atoms with Crippen LogP contribution in [0.4, 0.5) is 5.82 Å². The van der Waals surface area contributed by atoms with Crippen LogP contribution in [0.3, 0.4) is 0 Å². The van der Waals surface area contributed by atoms with E-state index >= 15 is 0 Å². The minimum absolute atomic E-state index is 0.0295. The van der Waals surface area contributed by atoms with Gasteiger partial charge in [0.2, 0.25) is 0 Å². The Morgan fingerprint density at radius 3 is 2.31 bits per heavy atom. The van der Waals surface area contributed by atoms with Crippen LogP contribution in [0.2, 0.25) is 0 Å². The molecule has 3 N–H and O–H groups in total. The molecule has 3 fully saturated rings. The molecule has 3 heterocycles. The molecule has 8 heteroatoms. The van der Waals surface area contributed by atoms with Crippen LogP contribution in [0, 0.1) is 0 Å². The van der Waals surface area contributed by atoms with Gasteiger partial charge in [-0.1, -0.05) is 44.2 Å². The third-order valence-corrected chi connectivity index (χ3v) is 8.34. The molecule has 1 aliphatic carbocycles. The highest BCUT2D eigenvalue weighted by atomic mass is 16.4. The van der Waals surface area contributed by atoms with Crippen LogP contribution in [0.25, 0.3) is 11.0 Å². The summed E-state index contributed by atoms with van der Waals surface area (Å²) in [6.45, 7) is -0.0295. The van der Waals surface area contributed by atoms with Crippen molar-refractivity contribution in [2.24, 2.45) is 0 Å². The van der Waals surface area contributed by atoms with Crippen LogP contribution in [0.15, 0.2) is 29.1 Å². The molecule has 0 amide bonds. The zero-order valence-electron chi connectivity index (χ0n) is 20.4. The topological polar surface area (TPSA) is 108 Å². The first-order chi connectivity index (χ1) is 17.0. The number of aromatic nitrogens is 2. The Morgan fingerprint density at radius 2 is 1.63 bits per heavy atom. The molecule has 5 rings (SSSR count). The van der Waals surface area contributed by atoms with Gasteiger partial charge in [0.05, 0.1) is 23.6 Å². The van der Waals surface area contributed by atoms with Crippen molar-refractivity contribution in [1.29, 1.82) is 0 Å². The van der Waals surface area contributed by atoms with Gasteiger partial charge in [0.1, 0.15) is 0 Å². The fraction of sp³-hybridized carbons (Fsp3) is 0.667. The van der Waals surface area contributed by atoms with Crippen LogP contribution in [0.1, 0.15) is 83.1 Å². The predicted octanol–water partition coefficient (Wildman–Crippen LogP) is 3.92. The summed E-state index contributed by atoms with van der Waals surface area (Å²) in [5.41, 5.74) is 1.39. The van der Waals surface area contributed by atoms with Crippen molar-refractivity contribution in [1.82, 2.24) is 14.5 Å². The van der Waals surface area contributed by atoms with Crippen LogP contribution < -0.4 is 10.9 Å². The number of carbonyl (C=O) groups is 1. The molecule has 3 atom stereocenters. The number of hydrogen-bond donors (Lipinski definition) is 3. The number of aliphatic carboxylic acids is 1. The third-order valence-electron chi connectivity index (χ3n) is 8.34. The second kappa shape index (κ2) is 10.7. The standard InChI is InChI=1S/C27H38N4O4/c32-22(16-25(33)34)17-28-26-27(35)31(24-11-7-6-10-23(24)29-26)21-14-19-12-13-20(15-21)30(19)18-8-4-2-1-3-5-9-18/h6-7,10-11,18-22,32H,1-5,8-9,12-17H2,(H,28,29)(H,33,34). The molecule has 1 aromatic heterocycles. The van der Waals surface area contributed by atoms with Gasteiger partial charge in [-0.05, 0) is 50.7 Å². The van der Waals surface area contributed by atoms with Gasteiger partial charge >= 0.3 is 5.97 Å². The number of benzene rings is 1. The number of carboxylic acids is 1. The second-order valence-corrected chi connectivity index (χ2v) is 10.7. The summed E-state index contributed by atoms with van der Waals surface area (Å²) in [4.78, 5) is 31.9. The smallest absolute Gasteiger partial charge is 0.306 e. The Labute approximate surface area is 206 Å². The van der Waals surface area contributed by atoms with Crippen molar-refractivity contribution >= 4 is 22.8 Å². The zero-order chi connectivity index (χ0) is 24.4. The Bertz CT molecular complexity index is 1080. The molecular weight excluding hydrogens is 444 g/mol. The Kier molecular flexibility index (Phi) is 7.39. The first-order valence-corrected chi connectivity index (χ1v) is 13.4. The summed E-state index contributed by atoms with van der Waals surface area (Å²) in [6.07, 6.45) is 12.3. The van der Waals surface area contributed by atoms with Crippen LogP contribution >= 0.6 is 0 Å². The largest absolute Gasteiger partial charge is 0.481 e. The molecule has 2 aromatic rings. The lowest BCUT2D eigenvalue weighted by Gasteiger charge is -2.45. The fourth-order valence-electron chi connectivity index (χ4n) is 6.84. The minimum Gasteiger partial charge on any atom is -0.481 e. The molecule has 3 unspecified atom stereocenters. The van der Waals surface area contributed by atoms with Crippen LogP contribution in [-0.4, -0.2) is 61.4 Å². The molecule has 8 nitrogen and oxygen atoms in total. The van der Waals surface area contributed by atoms with Crippen molar-refractivity contribution in [3.63, 3.8) is 0 Å². The van der Waals surface area contributed by atoms with Crippen LogP contribution in [-0.2, 0) is 4.79 Å². The lowest BCUT2D eigenvalue weighted by atomic mass is 9.89. The summed E-state index contributed by atoms with van der Waals surface area (Å²) in [6, 6.07) is 9.58. The highest BCUT2D eigenvalue weighted by Crippen LogP contribution is 2.44. The van der Waals surface area contributed by atoms with Gasteiger partial charge in [-0.2, -0.15) is 0 Å². The first kappa shape index (κ1) is 24.3. The normalized spacial score (nSPS) is 26.8. The van der Waals surface area contributed by atoms with Gasteiger partial charge in [-0.25, -0.2) is 4.98 Å². The van der Waals surface area contributed by atoms with Gasteiger partial charge < -0.3 is 20.1 Å². The summed E-state index contributed by atoms with van der Waals surface area (Å²) in [5, 5.41) is 21.8. The number of carboxylic acid groups (broad SMARTS) is 1. The molecule has 2 aliphatic heterocycles. The Hall–Kier alpha value is -2.45. The van der Waals surface area contributed by atoms with Gasteiger partial charge in [0, 0.05) is 30.7 Å². The molecule has 190 valence electrons. The molecule has 0 radical (unpaired) electrons. The average Bonchev–Trinajstić information content (AvgIpc) is 3.06. The molecule has 2 saturated heterocycles. The van der Waals surface area contributed by atoms with E-state index in [-0.39, 0.29) is 30.4 Å². The first-order valence-electron chi connectivity index (χ1n) is 13.4. The van der Waals surface area contributed by atoms with E-state index in [1.807, 2.05) is 28.8 Å². The van der Waals surface area contributed by atoms with Gasteiger partial charge in [0.25, 0.3) is 5.56 Å². The molecular formula is C27H38N4O4. The molecule has 1 saturated carbocycles. The van der Waals surface area contributed by atoms with Gasteiger partial charge in [0.15, 0.2) is 5.82 Å². The fourth-order valence-corrected chi connectivity index (χ4v) is 6.84. The quantitative estimate of drug-likeness (QED) is 0.549. The highest BCUT2D eigenvalue weighted by Gasteiger charge is 2.44. The van der Waals surface area contributed by atoms with E-state index in [2.05, 4.69) is 15.2 Å². The van der Waals surface area contributed by atoms with E-state index in [4.69, 9.17) is 5.11 Å². The maximum absolute atomic E-state index is 13.6. The maximum atomic E-state index is 13.6. The summed E-state index contributed by atoms with van der Waals surface area (Å²) in [5.74, 6) is -0.891. The van der Waals surface area contributed by atoms with Gasteiger partial charge in [-0.3, -0.25) is 14.5 Å². The van der Waals surface area contributed by atoms with E-state index in [1.54, 1.807) is 0 Å². The summed E-state index contributed by atoms with van der Waals surface area (Å²) < 4.78 is 1.93. The number of aliphatic hydroxyl groups is 1. The zero-order valence-corrected chi connectivity index (χ0v) is 20.4. The summed E-state index contributed by atoms with van der Waals surface area (Å²) in [7, 11) is 0. The van der Waals surface area contributed by atoms with Crippen molar-refractivity contribution in [3.05, 3.63) is 34.6 Å². The number of piperidine rings is 1. The predicted molar refractivity (Wildman–Crippen MR) is 136 cm³/mol. The second-order valence-electron chi connectivity index (χ2n) is 10.7. The molecule has 1 aromatic carbocycles.